The van der Waals surface area contributed by atoms with Crippen LogP contribution in [-0.2, 0) is 61.8 Å². The third kappa shape index (κ3) is 18.0. The van der Waals surface area contributed by atoms with E-state index in [0.29, 0.717) is 44.3 Å². The van der Waals surface area contributed by atoms with Crippen molar-refractivity contribution >= 4 is 23.5 Å². The minimum Gasteiger partial charge on any atom is -0.459 e. The first-order valence-electron chi connectivity index (χ1n) is 26.2. The van der Waals surface area contributed by atoms with Gasteiger partial charge in [-0.25, -0.2) is 0 Å². The zero-order valence-corrected chi connectivity index (χ0v) is 45.6. The van der Waals surface area contributed by atoms with E-state index < -0.39 is 59.4 Å². The van der Waals surface area contributed by atoms with Gasteiger partial charge in [0.2, 0.25) is 0 Å². The van der Waals surface area contributed by atoms with Crippen LogP contribution < -0.4 is 0 Å². The van der Waals surface area contributed by atoms with E-state index in [4.69, 9.17) is 42.6 Å². The molecule has 18 atom stereocenters. The zero-order valence-electron chi connectivity index (χ0n) is 45.6. The molecule has 0 aromatic rings. The molecule has 0 radical (unpaired) electrons. The van der Waals surface area contributed by atoms with Crippen LogP contribution in [0.3, 0.4) is 0 Å². The quantitative estimate of drug-likeness (QED) is 0.0495. The van der Waals surface area contributed by atoms with Crippen molar-refractivity contribution in [2.45, 2.75) is 218 Å². The van der Waals surface area contributed by atoms with Gasteiger partial charge in [0.1, 0.15) is 47.8 Å². The summed E-state index contributed by atoms with van der Waals surface area (Å²) in [4.78, 5) is 46.9. The smallest absolute Gasteiger partial charge is 0.303 e. The molecule has 3 N–H and O–H groups in total. The van der Waals surface area contributed by atoms with Crippen LogP contribution in [-0.4, -0.2) is 143 Å². The van der Waals surface area contributed by atoms with Crippen LogP contribution in [0.25, 0.3) is 0 Å². The monoisotopic (exact) mass is 1030 g/mol. The normalized spacial score (nSPS) is 39.7. The van der Waals surface area contributed by atoms with Gasteiger partial charge in [-0.05, 0) is 129 Å². The van der Waals surface area contributed by atoms with E-state index in [1.165, 1.54) is 26.0 Å². The van der Waals surface area contributed by atoms with Gasteiger partial charge in [-0.15, -0.1) is 0 Å². The lowest BCUT2D eigenvalue weighted by Crippen LogP contribution is -2.55. The van der Waals surface area contributed by atoms with Gasteiger partial charge in [-0.3, -0.25) is 19.2 Å². The Morgan fingerprint density at radius 1 is 0.644 bits per heavy atom. The van der Waals surface area contributed by atoms with Crippen molar-refractivity contribution in [2.24, 2.45) is 23.7 Å². The summed E-state index contributed by atoms with van der Waals surface area (Å²) >= 11 is 0. The number of carbonyl (C=O) groups is 4. The molecule has 73 heavy (non-hydrogen) atoms. The molecule has 0 aromatic carbocycles. The Kier molecular flexibility index (Phi) is 21.4. The number of epoxide rings is 2. The van der Waals surface area contributed by atoms with E-state index in [9.17, 15) is 34.5 Å². The van der Waals surface area contributed by atoms with Gasteiger partial charge in [-0.1, -0.05) is 61.4 Å². The predicted octanol–water partition coefficient (Wildman–Crippen LogP) is 7.46. The third-order valence-electron chi connectivity index (χ3n) is 15.1. The maximum atomic E-state index is 12.4. The number of allylic oxidation sites excluding steroid dienone is 6. The van der Waals surface area contributed by atoms with Crippen LogP contribution in [0.1, 0.15) is 134 Å². The van der Waals surface area contributed by atoms with Crippen LogP contribution in [0.15, 0.2) is 71.9 Å². The molecule has 0 unspecified atom stereocenters. The zero-order chi connectivity index (χ0) is 54.1. The summed E-state index contributed by atoms with van der Waals surface area (Å²) in [7, 11) is 1.61. The fourth-order valence-corrected chi connectivity index (χ4v) is 10.6. The van der Waals surface area contributed by atoms with Gasteiger partial charge < -0.3 is 58.0 Å². The molecule has 16 heteroatoms. The summed E-state index contributed by atoms with van der Waals surface area (Å²) in [5.74, 6) is -1.96. The molecular formula is C57H86O16. The molecule has 0 saturated carbocycles. The number of rotatable bonds is 19. The lowest BCUT2D eigenvalue weighted by molar-refractivity contribution is -0.284. The van der Waals surface area contributed by atoms with E-state index in [1.807, 2.05) is 52.8 Å². The summed E-state index contributed by atoms with van der Waals surface area (Å²) in [6, 6.07) is 0. The molecule has 6 rings (SSSR count). The summed E-state index contributed by atoms with van der Waals surface area (Å²) in [6.07, 6.45) is 19.4. The van der Waals surface area contributed by atoms with Gasteiger partial charge in [0.05, 0.1) is 37.6 Å². The number of hydrogen-bond acceptors (Lipinski definition) is 16. The summed E-state index contributed by atoms with van der Waals surface area (Å²) in [5, 5.41) is 31.7. The van der Waals surface area contributed by atoms with Crippen molar-refractivity contribution in [3.05, 3.63) is 71.9 Å². The van der Waals surface area contributed by atoms with Gasteiger partial charge in [0, 0.05) is 46.6 Å². The minimum absolute atomic E-state index is 0.00505. The highest BCUT2D eigenvalue weighted by Gasteiger charge is 2.62. The number of ether oxygens (including phenoxy) is 9. The largest absolute Gasteiger partial charge is 0.459 e. The topological polar surface area (TPSA) is 219 Å². The minimum atomic E-state index is -1.34. The van der Waals surface area contributed by atoms with Crippen molar-refractivity contribution in [1.82, 2.24) is 0 Å². The maximum Gasteiger partial charge on any atom is 0.303 e. The van der Waals surface area contributed by atoms with E-state index in [1.54, 1.807) is 46.1 Å². The summed E-state index contributed by atoms with van der Waals surface area (Å²) in [5.41, 5.74) is 0.781. The van der Waals surface area contributed by atoms with Crippen LogP contribution in [0, 0.1) is 23.7 Å². The Hall–Kier alpha value is -3.68. The van der Waals surface area contributed by atoms with Crippen molar-refractivity contribution < 1.29 is 77.1 Å². The molecule has 6 aliphatic heterocycles. The van der Waals surface area contributed by atoms with E-state index in [2.05, 4.69) is 26.0 Å². The van der Waals surface area contributed by atoms with Crippen molar-refractivity contribution in [3.8, 4) is 0 Å². The molecule has 0 amide bonds. The van der Waals surface area contributed by atoms with Gasteiger partial charge >= 0.3 is 11.9 Å². The molecule has 0 aromatic heterocycles. The van der Waals surface area contributed by atoms with Gasteiger partial charge in [0.15, 0.2) is 23.1 Å². The first-order chi connectivity index (χ1) is 34.2. The fourth-order valence-electron chi connectivity index (χ4n) is 10.6. The Morgan fingerprint density at radius 3 is 1.42 bits per heavy atom. The van der Waals surface area contributed by atoms with Gasteiger partial charge in [0.25, 0.3) is 0 Å². The highest BCUT2D eigenvalue weighted by molar-refractivity contribution is 5.90. The molecule has 6 fully saturated rings. The lowest BCUT2D eigenvalue weighted by atomic mass is 9.81. The fraction of sp³-hybridized carbons (Fsp3) is 0.719. The van der Waals surface area contributed by atoms with Crippen LogP contribution in [0.4, 0.5) is 0 Å². The van der Waals surface area contributed by atoms with Crippen molar-refractivity contribution in [2.75, 3.05) is 20.3 Å². The van der Waals surface area contributed by atoms with E-state index in [0.717, 1.165) is 36.8 Å². The number of aliphatic hydroxyl groups is 3. The molecule has 0 aliphatic carbocycles. The molecule has 410 valence electrons. The average Bonchev–Trinajstić information content (AvgIpc) is 4.25. The number of carbonyl (C=O) groups excluding carboxylic acids is 4. The maximum absolute atomic E-state index is 12.4. The predicted molar refractivity (Wildman–Crippen MR) is 273 cm³/mol. The van der Waals surface area contributed by atoms with Gasteiger partial charge in [-0.2, -0.15) is 0 Å². The SMILES string of the molecule is CC(=O)O[C@@H](C)/C=C\C(=O)C[C@@H]1C[C@H](C)[C@H](C/C=C(C)/C=C/[C@H]2O[C@](C)(O)C[C@@]3(CO3)[C@@H]2O)O[C@@H]1C.CO[C@]1(C)C[C@@]2(CO2)[C@H](O)[C@@H](/C=C/C(C)=C/C[C@@H]2O[C@H](C)[C@H](CC(=O)/C=C\[C@H](C)OC(C)=O)C[C@@H]2C)O1. The Bertz CT molecular complexity index is 2080. The first kappa shape index (κ1) is 60.2. The molecule has 2 spiro atoms. The molecule has 6 saturated heterocycles. The van der Waals surface area contributed by atoms with E-state index >= 15 is 0 Å². The highest BCUT2D eigenvalue weighted by atomic mass is 16.7. The third-order valence-corrected chi connectivity index (χ3v) is 15.1. The van der Waals surface area contributed by atoms with Crippen molar-refractivity contribution in [1.29, 1.82) is 0 Å². The Morgan fingerprint density at radius 2 is 1.04 bits per heavy atom. The van der Waals surface area contributed by atoms with Crippen molar-refractivity contribution in [3.63, 3.8) is 0 Å². The summed E-state index contributed by atoms with van der Waals surface area (Å²) in [6.45, 7) is 22.9. The number of ketones is 2. The second-order valence-electron chi connectivity index (χ2n) is 22.1. The summed E-state index contributed by atoms with van der Waals surface area (Å²) < 4.78 is 50.9. The number of aliphatic hydroxyl groups excluding tert-OH is 2. The first-order valence-corrected chi connectivity index (χ1v) is 26.2. The second kappa shape index (κ2) is 25.9. The Balaban J connectivity index is 0.000000271. The molecular weight excluding hydrogens is 941 g/mol. The van der Waals surface area contributed by atoms with Crippen LogP contribution >= 0.6 is 0 Å². The second-order valence-corrected chi connectivity index (χ2v) is 22.1. The molecule has 0 bridgehead atoms. The van der Waals surface area contributed by atoms with Crippen LogP contribution in [0.2, 0.25) is 0 Å². The number of esters is 2. The lowest BCUT2D eigenvalue weighted by Gasteiger charge is -2.42. The Labute approximate surface area is 433 Å². The molecule has 6 heterocycles. The molecule has 6 aliphatic rings. The van der Waals surface area contributed by atoms with E-state index in [-0.39, 0.29) is 66.2 Å². The van der Waals surface area contributed by atoms with Crippen LogP contribution in [0.5, 0.6) is 0 Å². The number of methoxy groups -OCH3 is 1. The standard InChI is InChI=1S/C29H44O8.C28H42O8/c1-18(9-13-26-27(32)29(17-34-29)16-28(6,33-7)37-26)8-12-25-19(2)14-23(21(4)36-25)15-24(31)11-10-20(3)35-22(5)30;1-17(8-12-25-26(31)28(16-33-28)15-27(6,32)36-25)7-11-24-18(2)13-22(20(4)35-24)14-23(30)10-9-19(3)34-21(5)29/h8-11,13,19-21,23,25-27,32H,12,14-17H2,1-7H3;7-10,12,18-20,22,24-26,31-32H,11,13-16H2,1-6H3/b11-10-,13-9+,18-8+;10-9-,12-8+,17-7+/t19-,20-,21+,23-,25-,26+,27+,28-,29+;18-,19-,20+,22-,24-,25+,26+,27-,28+/m00/s1. The molecule has 16 nitrogen and oxygen atoms in total. The highest BCUT2D eigenvalue weighted by Crippen LogP contribution is 2.48. The average molecular weight is 1030 g/mol. The number of hydrogen-bond donors (Lipinski definition) is 3.